The molecule has 1 aromatic carbocycles. The van der Waals surface area contributed by atoms with E-state index in [0.29, 0.717) is 19.6 Å². The molecule has 0 spiro atoms. The lowest BCUT2D eigenvalue weighted by molar-refractivity contribution is 0.147. The maximum Gasteiger partial charge on any atom is 0.165 e. The molecule has 0 saturated carbocycles. The highest BCUT2D eigenvalue weighted by atomic mass is 16.5. The number of fused-ring (bicyclic) bond motifs is 1. The molecule has 0 saturated heterocycles. The van der Waals surface area contributed by atoms with Gasteiger partial charge >= 0.3 is 0 Å². The van der Waals surface area contributed by atoms with Crippen LogP contribution in [0.15, 0.2) is 89.8 Å². The Morgan fingerprint density at radius 3 is 2.79 bits per heavy atom. The van der Waals surface area contributed by atoms with Crippen LogP contribution in [0.2, 0.25) is 0 Å². The lowest BCUT2D eigenvalue weighted by atomic mass is 10.0. The van der Waals surface area contributed by atoms with Gasteiger partial charge in [0.2, 0.25) is 0 Å². The fourth-order valence-electron chi connectivity index (χ4n) is 3.33. The Morgan fingerprint density at radius 2 is 1.97 bits per heavy atom. The number of pyridine rings is 1. The van der Waals surface area contributed by atoms with E-state index >= 15 is 0 Å². The van der Waals surface area contributed by atoms with Crippen LogP contribution in [-0.2, 0) is 22.5 Å². The first kappa shape index (κ1) is 18.9. The molecule has 1 aliphatic carbocycles. The fourth-order valence-corrected chi connectivity index (χ4v) is 3.33. The van der Waals surface area contributed by atoms with E-state index in [1.165, 1.54) is 5.56 Å². The predicted octanol–water partition coefficient (Wildman–Crippen LogP) is 5.53. The molecule has 0 amide bonds. The van der Waals surface area contributed by atoms with E-state index in [2.05, 4.69) is 53.0 Å². The molecule has 0 radical (unpaired) electrons. The number of allylic oxidation sites excluding steroid dienone is 3. The first-order valence-corrected chi connectivity index (χ1v) is 9.83. The molecule has 4 heteroatoms. The van der Waals surface area contributed by atoms with E-state index in [9.17, 15) is 0 Å². The van der Waals surface area contributed by atoms with Crippen LogP contribution in [0.4, 0.5) is 0 Å². The Labute approximate surface area is 170 Å². The third-order valence-corrected chi connectivity index (χ3v) is 4.83. The topological polar surface area (TPSA) is 47.1 Å². The van der Waals surface area contributed by atoms with Crippen molar-refractivity contribution in [3.05, 3.63) is 107 Å². The third-order valence-electron chi connectivity index (χ3n) is 4.83. The van der Waals surface area contributed by atoms with Crippen LogP contribution in [0.3, 0.4) is 0 Å². The number of H-pyrrole nitrogens is 1. The zero-order valence-corrected chi connectivity index (χ0v) is 16.7. The van der Waals surface area contributed by atoms with Gasteiger partial charge in [0.1, 0.15) is 12.3 Å². The summed E-state index contributed by atoms with van der Waals surface area (Å²) in [5.41, 5.74) is 8.65. The molecule has 0 atom stereocenters. The molecule has 0 bridgehead atoms. The van der Waals surface area contributed by atoms with Crippen molar-refractivity contribution in [1.82, 2.24) is 9.97 Å². The van der Waals surface area contributed by atoms with Gasteiger partial charge in [0, 0.05) is 29.8 Å². The smallest absolute Gasteiger partial charge is 0.165 e. The van der Waals surface area contributed by atoms with E-state index in [4.69, 9.17) is 9.47 Å². The fraction of sp³-hybridized carbons (Fsp3) is 0.200. The van der Waals surface area contributed by atoms with Gasteiger partial charge in [-0.25, -0.2) is 4.98 Å². The summed E-state index contributed by atoms with van der Waals surface area (Å²) in [6, 6.07) is 12.4. The zero-order valence-electron chi connectivity index (χ0n) is 16.7. The number of aromatic amines is 1. The van der Waals surface area contributed by atoms with Gasteiger partial charge < -0.3 is 14.5 Å². The van der Waals surface area contributed by atoms with Gasteiger partial charge in [-0.2, -0.15) is 0 Å². The van der Waals surface area contributed by atoms with Crippen LogP contribution in [0.1, 0.15) is 23.6 Å². The molecule has 29 heavy (non-hydrogen) atoms. The monoisotopic (exact) mass is 384 g/mol. The summed E-state index contributed by atoms with van der Waals surface area (Å²) in [7, 11) is 0. The summed E-state index contributed by atoms with van der Waals surface area (Å²) >= 11 is 0. The summed E-state index contributed by atoms with van der Waals surface area (Å²) in [5.74, 6) is 1.49. The van der Waals surface area contributed by atoms with E-state index in [1.807, 2.05) is 37.4 Å². The molecule has 1 aliphatic rings. The van der Waals surface area contributed by atoms with Gasteiger partial charge in [-0.15, -0.1) is 5.73 Å². The molecular weight excluding hydrogens is 360 g/mol. The van der Waals surface area contributed by atoms with Crippen LogP contribution in [0, 0.1) is 6.92 Å². The average Bonchev–Trinajstić information content (AvgIpc) is 3.05. The molecule has 3 aromatic rings. The maximum absolute atomic E-state index is 6.16. The van der Waals surface area contributed by atoms with Crippen molar-refractivity contribution >= 4 is 11.0 Å². The van der Waals surface area contributed by atoms with Crippen LogP contribution >= 0.6 is 0 Å². The van der Waals surface area contributed by atoms with Crippen LogP contribution in [0.25, 0.3) is 11.0 Å². The molecule has 0 aliphatic heterocycles. The summed E-state index contributed by atoms with van der Waals surface area (Å²) in [6.45, 7) is 5.12. The minimum atomic E-state index is 0.487. The van der Waals surface area contributed by atoms with E-state index in [-0.39, 0.29) is 0 Å². The molecule has 4 nitrogen and oxygen atoms in total. The number of hydrogen-bond acceptors (Lipinski definition) is 3. The van der Waals surface area contributed by atoms with Gasteiger partial charge in [0.25, 0.3) is 0 Å². The van der Waals surface area contributed by atoms with Crippen molar-refractivity contribution in [2.75, 3.05) is 6.61 Å². The zero-order chi connectivity index (χ0) is 20.1. The Balaban J connectivity index is 1.62. The van der Waals surface area contributed by atoms with Crippen molar-refractivity contribution in [3.8, 4) is 0 Å². The maximum atomic E-state index is 6.16. The Bertz CT molecular complexity index is 1130. The summed E-state index contributed by atoms with van der Waals surface area (Å²) < 4.78 is 12.2. The summed E-state index contributed by atoms with van der Waals surface area (Å²) in [5, 5.41) is 1.11. The predicted molar refractivity (Wildman–Crippen MR) is 115 cm³/mol. The Kier molecular flexibility index (Phi) is 5.64. The summed E-state index contributed by atoms with van der Waals surface area (Å²) in [4.78, 5) is 7.62. The van der Waals surface area contributed by atoms with Crippen LogP contribution < -0.4 is 0 Å². The Hall–Kier alpha value is -3.49. The largest absolute Gasteiger partial charge is 0.490 e. The Morgan fingerprint density at radius 1 is 1.10 bits per heavy atom. The molecule has 0 unspecified atom stereocenters. The van der Waals surface area contributed by atoms with Gasteiger partial charge in [-0.05, 0) is 55.3 Å². The molecule has 146 valence electrons. The van der Waals surface area contributed by atoms with Crippen molar-refractivity contribution < 1.29 is 9.47 Å². The SMILES string of the molecule is CCOC1=C(Cc2c[nH]c3ncccc23)C=C=CC=C1OCc1ccc(C)cc1. The minimum Gasteiger partial charge on any atom is -0.490 e. The third kappa shape index (κ3) is 4.34. The van der Waals surface area contributed by atoms with Gasteiger partial charge in [-0.1, -0.05) is 29.8 Å². The second-order valence-electron chi connectivity index (χ2n) is 6.96. The number of rotatable bonds is 7. The standard InChI is InChI=1S/C25H24N2O2/c1-3-28-24-20(15-21-16-27-25-22(21)8-6-14-26-25)7-4-5-9-23(24)29-17-19-12-10-18(2)11-13-19/h5-14,16H,3,15,17H2,1-2H3,(H,26,27). The molecule has 2 aromatic heterocycles. The first-order chi connectivity index (χ1) is 14.2. The van der Waals surface area contributed by atoms with Crippen molar-refractivity contribution in [2.24, 2.45) is 0 Å². The van der Waals surface area contributed by atoms with E-state index in [0.717, 1.165) is 39.3 Å². The molecule has 0 fully saturated rings. The molecule has 4 rings (SSSR count). The van der Waals surface area contributed by atoms with Crippen LogP contribution in [-0.4, -0.2) is 16.6 Å². The molecular formula is C25H24N2O2. The van der Waals surface area contributed by atoms with Gasteiger partial charge in [0.05, 0.1) is 6.61 Å². The highest BCUT2D eigenvalue weighted by Gasteiger charge is 2.17. The van der Waals surface area contributed by atoms with Crippen molar-refractivity contribution in [2.45, 2.75) is 26.9 Å². The second kappa shape index (κ2) is 8.68. The number of aromatic nitrogens is 2. The van der Waals surface area contributed by atoms with Gasteiger partial charge in [0.15, 0.2) is 11.5 Å². The average molecular weight is 384 g/mol. The number of nitrogens with zero attached hydrogens (tertiary/aromatic N) is 1. The van der Waals surface area contributed by atoms with Crippen molar-refractivity contribution in [3.63, 3.8) is 0 Å². The van der Waals surface area contributed by atoms with Crippen molar-refractivity contribution in [1.29, 1.82) is 0 Å². The number of aryl methyl sites for hydroxylation is 1. The molecule has 1 N–H and O–H groups in total. The van der Waals surface area contributed by atoms with Crippen LogP contribution in [0.5, 0.6) is 0 Å². The lowest BCUT2D eigenvalue weighted by Gasteiger charge is -2.17. The highest BCUT2D eigenvalue weighted by Crippen LogP contribution is 2.27. The number of benzene rings is 1. The first-order valence-electron chi connectivity index (χ1n) is 9.83. The molecule has 2 heterocycles. The summed E-state index contributed by atoms with van der Waals surface area (Å²) in [6.07, 6.45) is 10.3. The number of nitrogens with one attached hydrogen (secondary N) is 1. The second-order valence-corrected chi connectivity index (χ2v) is 6.96. The van der Waals surface area contributed by atoms with Gasteiger partial charge in [-0.3, -0.25) is 0 Å². The normalized spacial score (nSPS) is 13.5. The van der Waals surface area contributed by atoms with E-state index in [1.54, 1.807) is 6.20 Å². The number of ether oxygens (including phenoxy) is 2. The quantitative estimate of drug-likeness (QED) is 0.545. The minimum absolute atomic E-state index is 0.487. The lowest BCUT2D eigenvalue weighted by Crippen LogP contribution is -2.05. The number of hydrogen-bond donors (Lipinski definition) is 1. The highest BCUT2D eigenvalue weighted by molar-refractivity contribution is 5.80. The van der Waals surface area contributed by atoms with E-state index < -0.39 is 0 Å².